The highest BCUT2D eigenvalue weighted by atomic mass is 28.4. The van der Waals surface area contributed by atoms with Gasteiger partial charge >= 0.3 is 17.6 Å². The van der Waals surface area contributed by atoms with Gasteiger partial charge in [-0.25, -0.2) is 0 Å². The summed E-state index contributed by atoms with van der Waals surface area (Å²) in [6.07, 6.45) is 3.04. The van der Waals surface area contributed by atoms with Gasteiger partial charge in [0.05, 0.1) is 0 Å². The van der Waals surface area contributed by atoms with Crippen LogP contribution in [-0.4, -0.2) is 57.3 Å². The Kier molecular flexibility index (Phi) is 21.2. The van der Waals surface area contributed by atoms with Crippen molar-refractivity contribution in [1.29, 1.82) is 0 Å². The van der Waals surface area contributed by atoms with Crippen LogP contribution in [0.15, 0.2) is 0 Å². The predicted octanol–water partition coefficient (Wildman–Crippen LogP) is 5.28. The van der Waals surface area contributed by atoms with Crippen LogP contribution in [0.1, 0.15) is 74.7 Å². The molecule has 0 heterocycles. The molecule has 27 heavy (non-hydrogen) atoms. The highest BCUT2D eigenvalue weighted by Gasteiger charge is 2.39. The van der Waals surface area contributed by atoms with Crippen molar-refractivity contribution < 1.29 is 26.6 Å². The lowest BCUT2D eigenvalue weighted by molar-refractivity contribution is 0.0603. The second kappa shape index (κ2) is 19.5. The van der Waals surface area contributed by atoms with E-state index in [0.717, 1.165) is 51.2 Å². The minimum absolute atomic E-state index is 0.667. The zero-order chi connectivity index (χ0) is 21.0. The average molecular weight is 427 g/mol. The Balaban J connectivity index is 0. The molecule has 0 aromatic carbocycles. The second-order valence-corrected chi connectivity index (χ2v) is 11.8. The molecule has 0 saturated carbocycles. The first-order valence-corrected chi connectivity index (χ1v) is 14.7. The third-order valence-corrected chi connectivity index (χ3v) is 9.39. The highest BCUT2D eigenvalue weighted by Crippen LogP contribution is 2.16. The fourth-order valence-electron chi connectivity index (χ4n) is 2.29. The van der Waals surface area contributed by atoms with Crippen LogP contribution in [0, 0.1) is 0 Å². The Hall–Kier alpha value is 0.194. The molecule has 0 spiro atoms. The van der Waals surface area contributed by atoms with Crippen molar-refractivity contribution in [2.75, 3.05) is 39.6 Å². The highest BCUT2D eigenvalue weighted by molar-refractivity contribution is 6.60. The minimum atomic E-state index is -2.33. The molecule has 0 atom stereocenters. The Morgan fingerprint density at radius 2 is 0.667 bits per heavy atom. The number of rotatable bonds is 17. The largest absolute Gasteiger partial charge is 0.500 e. The number of hydrogen-bond acceptors (Lipinski definition) is 6. The molecule has 0 aliphatic heterocycles. The lowest BCUT2D eigenvalue weighted by atomic mass is 10.5. The topological polar surface area (TPSA) is 55.4 Å². The van der Waals surface area contributed by atoms with Crippen LogP contribution in [0.2, 0.25) is 12.1 Å². The molecule has 0 saturated heterocycles. The van der Waals surface area contributed by atoms with Gasteiger partial charge in [0, 0.05) is 51.7 Å². The lowest BCUT2D eigenvalue weighted by Crippen LogP contribution is -2.45. The molecular weight excluding hydrogens is 380 g/mol. The van der Waals surface area contributed by atoms with Crippen molar-refractivity contribution in [3.05, 3.63) is 0 Å². The molecule has 166 valence electrons. The van der Waals surface area contributed by atoms with Crippen LogP contribution in [0.25, 0.3) is 0 Å². The lowest BCUT2D eigenvalue weighted by Gasteiger charge is -2.28. The molecule has 0 rings (SSSR count). The summed E-state index contributed by atoms with van der Waals surface area (Å²) in [5.74, 6) is 0. The predicted molar refractivity (Wildman–Crippen MR) is 116 cm³/mol. The van der Waals surface area contributed by atoms with E-state index in [1.807, 2.05) is 27.7 Å². The second-order valence-electron chi connectivity index (χ2n) is 5.92. The molecule has 0 radical (unpaired) electrons. The fourth-order valence-corrected chi connectivity index (χ4v) is 6.88. The minimum Gasteiger partial charge on any atom is -0.374 e. The Morgan fingerprint density at radius 1 is 0.407 bits per heavy atom. The molecule has 0 aromatic rings. The van der Waals surface area contributed by atoms with Crippen molar-refractivity contribution in [1.82, 2.24) is 0 Å². The van der Waals surface area contributed by atoms with E-state index in [0.29, 0.717) is 19.8 Å². The maximum atomic E-state index is 5.83. The van der Waals surface area contributed by atoms with Crippen LogP contribution in [-0.2, 0) is 26.6 Å². The van der Waals surface area contributed by atoms with Crippen molar-refractivity contribution in [3.8, 4) is 0 Å². The van der Waals surface area contributed by atoms with Gasteiger partial charge < -0.3 is 26.6 Å². The standard InChI is InChI=1S/C11H26O3Si.C8H20O3Si/c1-5-9-12-15(8-4,13-10-6-2)14-11-7-3;1-5-9-12(8-4,10-6-2)11-7-3/h5-11H2,1-4H3;5-8H2,1-4H3. The van der Waals surface area contributed by atoms with Crippen LogP contribution in [0.5, 0.6) is 0 Å². The van der Waals surface area contributed by atoms with E-state index in [-0.39, 0.29) is 0 Å². The van der Waals surface area contributed by atoms with Crippen LogP contribution >= 0.6 is 0 Å². The molecule has 8 heteroatoms. The maximum absolute atomic E-state index is 5.83. The quantitative estimate of drug-likeness (QED) is 0.295. The summed E-state index contributed by atoms with van der Waals surface area (Å²) in [4.78, 5) is 0. The Bertz CT molecular complexity index is 269. The van der Waals surface area contributed by atoms with E-state index in [4.69, 9.17) is 26.6 Å². The maximum Gasteiger partial charge on any atom is 0.500 e. The van der Waals surface area contributed by atoms with Gasteiger partial charge in [-0.05, 0) is 40.0 Å². The molecule has 0 aliphatic carbocycles. The number of hydrogen-bond donors (Lipinski definition) is 0. The van der Waals surface area contributed by atoms with Gasteiger partial charge in [0.1, 0.15) is 0 Å². The summed E-state index contributed by atoms with van der Waals surface area (Å²) in [7, 11) is -4.60. The van der Waals surface area contributed by atoms with Crippen LogP contribution in [0.4, 0.5) is 0 Å². The summed E-state index contributed by atoms with van der Waals surface area (Å²) in [5.41, 5.74) is 0. The fraction of sp³-hybridized carbons (Fsp3) is 1.00. The summed E-state index contributed by atoms with van der Waals surface area (Å²) < 4.78 is 34.1. The summed E-state index contributed by atoms with van der Waals surface area (Å²) in [6.45, 7) is 20.6. The molecular formula is C19H46O6Si2. The van der Waals surface area contributed by atoms with Gasteiger partial charge in [-0.15, -0.1) is 0 Å². The van der Waals surface area contributed by atoms with Gasteiger partial charge in [0.25, 0.3) is 0 Å². The zero-order valence-corrected chi connectivity index (χ0v) is 21.2. The third-order valence-electron chi connectivity index (χ3n) is 3.54. The molecule has 6 nitrogen and oxygen atoms in total. The Morgan fingerprint density at radius 3 is 0.852 bits per heavy atom. The van der Waals surface area contributed by atoms with Crippen LogP contribution in [0.3, 0.4) is 0 Å². The van der Waals surface area contributed by atoms with E-state index in [1.54, 1.807) is 0 Å². The van der Waals surface area contributed by atoms with Crippen molar-refractivity contribution in [2.24, 2.45) is 0 Å². The SMILES string of the molecule is CCCO[Si](CC)(OCCC)OCCC.CCO[Si](CC)(OCC)OCC. The van der Waals surface area contributed by atoms with Gasteiger partial charge in [0.15, 0.2) is 0 Å². The van der Waals surface area contributed by atoms with Crippen molar-refractivity contribution >= 4 is 17.6 Å². The van der Waals surface area contributed by atoms with E-state index in [2.05, 4.69) is 27.7 Å². The zero-order valence-electron chi connectivity index (χ0n) is 19.2. The summed E-state index contributed by atoms with van der Waals surface area (Å²) in [6, 6.07) is 1.72. The van der Waals surface area contributed by atoms with Gasteiger partial charge in [-0.1, -0.05) is 34.6 Å². The molecule has 0 amide bonds. The third kappa shape index (κ3) is 13.9. The summed E-state index contributed by atoms with van der Waals surface area (Å²) >= 11 is 0. The first kappa shape index (κ1) is 29.4. The van der Waals surface area contributed by atoms with Crippen LogP contribution < -0.4 is 0 Å². The monoisotopic (exact) mass is 426 g/mol. The molecule has 0 aromatic heterocycles. The van der Waals surface area contributed by atoms with E-state index in [1.165, 1.54) is 0 Å². The van der Waals surface area contributed by atoms with Crippen molar-refractivity contribution in [2.45, 2.75) is 86.7 Å². The molecule has 0 bridgehead atoms. The first-order valence-electron chi connectivity index (χ1n) is 10.8. The van der Waals surface area contributed by atoms with Gasteiger partial charge in [-0.3, -0.25) is 0 Å². The Labute approximate surface area is 170 Å². The summed E-state index contributed by atoms with van der Waals surface area (Å²) in [5, 5.41) is 0. The van der Waals surface area contributed by atoms with E-state index in [9.17, 15) is 0 Å². The molecule has 0 unspecified atom stereocenters. The molecule has 0 fully saturated rings. The molecule has 0 aliphatic rings. The van der Waals surface area contributed by atoms with E-state index >= 15 is 0 Å². The smallest absolute Gasteiger partial charge is 0.374 e. The first-order chi connectivity index (χ1) is 13.0. The van der Waals surface area contributed by atoms with Gasteiger partial charge in [-0.2, -0.15) is 0 Å². The normalized spacial score (nSPS) is 12.0. The van der Waals surface area contributed by atoms with Gasteiger partial charge in [0.2, 0.25) is 0 Å². The van der Waals surface area contributed by atoms with Crippen molar-refractivity contribution in [3.63, 3.8) is 0 Å². The van der Waals surface area contributed by atoms with E-state index < -0.39 is 17.6 Å². The average Bonchev–Trinajstić information content (AvgIpc) is 2.69. The molecule has 0 N–H and O–H groups in total.